The Balaban J connectivity index is 1.26. The predicted octanol–water partition coefficient (Wildman–Crippen LogP) is 4.74. The smallest absolute Gasteiger partial charge is 0.276 e. The van der Waals surface area contributed by atoms with Gasteiger partial charge in [0.15, 0.2) is 5.69 Å². The lowest BCUT2D eigenvalue weighted by atomic mass is 10.1. The van der Waals surface area contributed by atoms with Crippen LogP contribution < -0.4 is 4.74 Å². The maximum absolute atomic E-state index is 12.5. The minimum Gasteiger partial charge on any atom is -0.490 e. The number of fused-ring (bicyclic) bond motifs is 1. The van der Waals surface area contributed by atoms with Crippen molar-refractivity contribution in [1.29, 1.82) is 0 Å². The zero-order valence-corrected chi connectivity index (χ0v) is 16.8. The summed E-state index contributed by atoms with van der Waals surface area (Å²) in [5, 5.41) is 5.04. The maximum atomic E-state index is 12.5. The molecular formula is C23H27N3O3. The van der Waals surface area contributed by atoms with E-state index in [4.69, 9.17) is 9.26 Å². The third kappa shape index (κ3) is 3.52. The van der Waals surface area contributed by atoms with Crippen LogP contribution in [0.25, 0.3) is 10.9 Å². The lowest BCUT2D eigenvalue weighted by molar-refractivity contribution is 0.0588. The van der Waals surface area contributed by atoms with E-state index in [9.17, 15) is 4.79 Å². The Morgan fingerprint density at radius 3 is 2.66 bits per heavy atom. The Hall–Kier alpha value is -2.76. The molecular weight excluding hydrogens is 366 g/mol. The number of ether oxygens (including phenoxy) is 1. The van der Waals surface area contributed by atoms with Crippen LogP contribution in [-0.4, -0.2) is 39.7 Å². The Morgan fingerprint density at radius 2 is 1.93 bits per heavy atom. The molecule has 1 aliphatic heterocycles. The Morgan fingerprint density at radius 1 is 1.14 bits per heavy atom. The molecule has 1 aromatic carbocycles. The lowest BCUT2D eigenvalue weighted by Crippen LogP contribution is -2.41. The zero-order chi connectivity index (χ0) is 19.8. The molecule has 6 nitrogen and oxygen atoms in total. The van der Waals surface area contributed by atoms with Crippen molar-refractivity contribution in [3.8, 4) is 5.75 Å². The Bertz CT molecular complexity index is 1010. The lowest BCUT2D eigenvalue weighted by Gasteiger charge is -2.31. The van der Waals surface area contributed by atoms with Crippen molar-refractivity contribution in [2.75, 3.05) is 13.1 Å². The normalized spacial score (nSPS) is 18.6. The SMILES string of the molecule is Cc1cc(C(=O)N2CCC(Oc3cccc4c3ccn4C3CCCC3)CC2)no1. The quantitative estimate of drug-likeness (QED) is 0.643. The number of nitrogens with zero attached hydrogens (tertiary/aromatic N) is 3. The van der Waals surface area contributed by atoms with E-state index >= 15 is 0 Å². The molecule has 0 atom stereocenters. The van der Waals surface area contributed by atoms with E-state index in [0.717, 1.165) is 18.6 Å². The predicted molar refractivity (Wildman–Crippen MR) is 110 cm³/mol. The minimum atomic E-state index is -0.0592. The molecule has 5 rings (SSSR count). The van der Waals surface area contributed by atoms with Gasteiger partial charge in [-0.3, -0.25) is 4.79 Å². The van der Waals surface area contributed by atoms with Crippen molar-refractivity contribution < 1.29 is 14.1 Å². The van der Waals surface area contributed by atoms with Gasteiger partial charge in [-0.2, -0.15) is 0 Å². The standard InChI is InChI=1S/C23H27N3O3/c1-16-15-20(24-29-16)23(27)25-12-9-18(10-13-25)28-22-8-4-7-21-19(22)11-14-26(21)17-5-2-3-6-17/h4,7-8,11,14-15,17-18H,2-3,5-6,9-10,12-13H2,1H3. The fourth-order valence-corrected chi connectivity index (χ4v) is 4.75. The molecule has 3 aromatic rings. The number of aryl methyl sites for hydroxylation is 1. The second-order valence-corrected chi connectivity index (χ2v) is 8.28. The number of hydrogen-bond donors (Lipinski definition) is 0. The van der Waals surface area contributed by atoms with Crippen molar-refractivity contribution >= 4 is 16.8 Å². The highest BCUT2D eigenvalue weighted by Gasteiger charge is 2.27. The maximum Gasteiger partial charge on any atom is 0.276 e. The fraction of sp³-hybridized carbons (Fsp3) is 0.478. The van der Waals surface area contributed by atoms with E-state index < -0.39 is 0 Å². The van der Waals surface area contributed by atoms with Gasteiger partial charge in [-0.1, -0.05) is 24.1 Å². The highest BCUT2D eigenvalue weighted by atomic mass is 16.5. The summed E-state index contributed by atoms with van der Waals surface area (Å²) in [7, 11) is 0. The highest BCUT2D eigenvalue weighted by molar-refractivity contribution is 5.92. The molecule has 1 aliphatic carbocycles. The van der Waals surface area contributed by atoms with Gasteiger partial charge in [0.25, 0.3) is 5.91 Å². The van der Waals surface area contributed by atoms with Gasteiger partial charge in [-0.15, -0.1) is 0 Å². The molecule has 1 amide bonds. The second kappa shape index (κ2) is 7.58. The van der Waals surface area contributed by atoms with E-state index in [0.29, 0.717) is 30.6 Å². The van der Waals surface area contributed by atoms with E-state index in [1.807, 2.05) is 4.90 Å². The van der Waals surface area contributed by atoms with Crippen molar-refractivity contribution in [2.45, 2.75) is 57.6 Å². The molecule has 3 heterocycles. The average Bonchev–Trinajstić information content (AvgIpc) is 3.48. The molecule has 152 valence electrons. The topological polar surface area (TPSA) is 60.5 Å². The van der Waals surface area contributed by atoms with Crippen LogP contribution in [-0.2, 0) is 0 Å². The van der Waals surface area contributed by atoms with Crippen LogP contribution >= 0.6 is 0 Å². The molecule has 0 unspecified atom stereocenters. The first-order valence-electron chi connectivity index (χ1n) is 10.7. The summed E-state index contributed by atoms with van der Waals surface area (Å²) in [5.74, 6) is 1.55. The third-order valence-corrected chi connectivity index (χ3v) is 6.31. The molecule has 0 bridgehead atoms. The molecule has 6 heteroatoms. The number of benzene rings is 1. The minimum absolute atomic E-state index is 0.0592. The molecule has 29 heavy (non-hydrogen) atoms. The number of piperidine rings is 1. The number of rotatable bonds is 4. The van der Waals surface area contributed by atoms with Crippen LogP contribution in [0.5, 0.6) is 5.75 Å². The summed E-state index contributed by atoms with van der Waals surface area (Å²) in [5.41, 5.74) is 1.66. The highest BCUT2D eigenvalue weighted by Crippen LogP contribution is 2.36. The van der Waals surface area contributed by atoms with Gasteiger partial charge in [-0.25, -0.2) is 0 Å². The van der Waals surface area contributed by atoms with Crippen LogP contribution in [0.3, 0.4) is 0 Å². The summed E-state index contributed by atoms with van der Waals surface area (Å²) in [6.07, 6.45) is 9.17. The van der Waals surface area contributed by atoms with Crippen molar-refractivity contribution in [3.63, 3.8) is 0 Å². The summed E-state index contributed by atoms with van der Waals surface area (Å²) in [6.45, 7) is 3.15. The van der Waals surface area contributed by atoms with Gasteiger partial charge in [0.2, 0.25) is 0 Å². The van der Waals surface area contributed by atoms with E-state index in [2.05, 4.69) is 40.2 Å². The van der Waals surface area contributed by atoms with Crippen LogP contribution in [0.15, 0.2) is 41.1 Å². The number of likely N-dealkylation sites (tertiary alicyclic amines) is 1. The van der Waals surface area contributed by atoms with Gasteiger partial charge in [0, 0.05) is 49.6 Å². The van der Waals surface area contributed by atoms with Crippen molar-refractivity contribution in [2.24, 2.45) is 0 Å². The summed E-state index contributed by atoms with van der Waals surface area (Å²) in [4.78, 5) is 14.4. The van der Waals surface area contributed by atoms with Gasteiger partial charge >= 0.3 is 0 Å². The van der Waals surface area contributed by atoms with Gasteiger partial charge < -0.3 is 18.7 Å². The second-order valence-electron chi connectivity index (χ2n) is 8.28. The van der Waals surface area contributed by atoms with Gasteiger partial charge in [-0.05, 0) is 38.0 Å². The van der Waals surface area contributed by atoms with E-state index in [1.54, 1.807) is 13.0 Å². The summed E-state index contributed by atoms with van der Waals surface area (Å²) < 4.78 is 13.9. The number of amides is 1. The van der Waals surface area contributed by atoms with Gasteiger partial charge in [0.05, 0.1) is 5.52 Å². The molecule has 1 saturated heterocycles. The number of carbonyl (C=O) groups excluding carboxylic acids is 1. The first kappa shape index (κ1) is 18.3. The van der Waals surface area contributed by atoms with E-state index in [1.165, 1.54) is 36.6 Å². The van der Waals surface area contributed by atoms with Crippen LogP contribution in [0, 0.1) is 6.92 Å². The molecule has 2 fully saturated rings. The molecule has 1 saturated carbocycles. The molecule has 0 spiro atoms. The van der Waals surface area contributed by atoms with Crippen LogP contribution in [0.4, 0.5) is 0 Å². The van der Waals surface area contributed by atoms with Crippen LogP contribution in [0.2, 0.25) is 0 Å². The van der Waals surface area contributed by atoms with E-state index in [-0.39, 0.29) is 12.0 Å². The summed E-state index contributed by atoms with van der Waals surface area (Å²) >= 11 is 0. The zero-order valence-electron chi connectivity index (χ0n) is 16.8. The largest absolute Gasteiger partial charge is 0.490 e. The Labute approximate surface area is 170 Å². The van der Waals surface area contributed by atoms with Crippen molar-refractivity contribution in [3.05, 3.63) is 48.0 Å². The third-order valence-electron chi connectivity index (χ3n) is 6.31. The monoisotopic (exact) mass is 393 g/mol. The fourth-order valence-electron chi connectivity index (χ4n) is 4.75. The first-order chi connectivity index (χ1) is 14.2. The average molecular weight is 393 g/mol. The first-order valence-corrected chi connectivity index (χ1v) is 10.7. The van der Waals surface area contributed by atoms with Crippen molar-refractivity contribution in [1.82, 2.24) is 14.6 Å². The molecule has 2 aromatic heterocycles. The summed E-state index contributed by atoms with van der Waals surface area (Å²) in [6, 6.07) is 10.9. The molecule has 0 N–H and O–H groups in total. The van der Waals surface area contributed by atoms with Gasteiger partial charge in [0.1, 0.15) is 17.6 Å². The number of hydrogen-bond acceptors (Lipinski definition) is 4. The molecule has 2 aliphatic rings. The number of carbonyl (C=O) groups is 1. The Kier molecular flexibility index (Phi) is 4.78. The molecule has 0 radical (unpaired) electrons. The number of aromatic nitrogens is 2. The van der Waals surface area contributed by atoms with Crippen LogP contribution in [0.1, 0.15) is 60.8 Å².